The molecule has 4 aromatic carbocycles. The van der Waals surface area contributed by atoms with Gasteiger partial charge in [-0.3, -0.25) is 9.69 Å². The van der Waals surface area contributed by atoms with Crippen molar-refractivity contribution in [3.63, 3.8) is 0 Å². The molecule has 0 saturated carbocycles. The van der Waals surface area contributed by atoms with Crippen LogP contribution in [0.25, 0.3) is 0 Å². The third-order valence-corrected chi connectivity index (χ3v) is 8.96. The second-order valence-electron chi connectivity index (χ2n) is 10.7. The van der Waals surface area contributed by atoms with E-state index >= 15 is 0 Å². The van der Waals surface area contributed by atoms with E-state index in [1.165, 1.54) is 13.1 Å². The van der Waals surface area contributed by atoms with Crippen LogP contribution in [0.3, 0.4) is 0 Å². The lowest BCUT2D eigenvalue weighted by Gasteiger charge is -2.29. The van der Waals surface area contributed by atoms with Crippen molar-refractivity contribution in [1.29, 1.82) is 0 Å². The van der Waals surface area contributed by atoms with Crippen LogP contribution in [0.4, 0.5) is 17.6 Å². The normalized spacial score (nSPS) is 12.0. The summed E-state index contributed by atoms with van der Waals surface area (Å²) < 4.78 is 86.2. The molecule has 244 valence electrons. The van der Waals surface area contributed by atoms with E-state index < -0.39 is 43.8 Å². The van der Waals surface area contributed by atoms with Gasteiger partial charge in [0, 0.05) is 44.9 Å². The Morgan fingerprint density at radius 3 is 2.11 bits per heavy atom. The maximum atomic E-state index is 14.9. The van der Waals surface area contributed by atoms with Crippen LogP contribution in [0.2, 0.25) is 5.02 Å². The first kappa shape index (κ1) is 34.9. The van der Waals surface area contributed by atoms with Gasteiger partial charge in [0.15, 0.2) is 9.84 Å². The van der Waals surface area contributed by atoms with Crippen LogP contribution in [0.5, 0.6) is 5.75 Å². The summed E-state index contributed by atoms with van der Waals surface area (Å²) in [5, 5.41) is 1.86. The maximum Gasteiger partial charge on any atom is 0.417 e. The summed E-state index contributed by atoms with van der Waals surface area (Å²) >= 11 is 6.28. The molecule has 0 radical (unpaired) electrons. The number of halogens is 5. The molecule has 0 aliphatic carbocycles. The Balaban J connectivity index is 1.60. The Labute approximate surface area is 270 Å². The van der Waals surface area contributed by atoms with Crippen molar-refractivity contribution >= 4 is 27.3 Å². The number of rotatable bonds is 13. The fourth-order valence-electron chi connectivity index (χ4n) is 5.19. The zero-order valence-electron chi connectivity index (χ0n) is 25.2. The molecule has 12 heteroatoms. The summed E-state index contributed by atoms with van der Waals surface area (Å²) in [4.78, 5) is 13.6. The first-order valence-corrected chi connectivity index (χ1v) is 16.6. The Kier molecular flexibility index (Phi) is 11.5. The highest BCUT2D eigenvalue weighted by atomic mass is 35.5. The standard InChI is InChI=1S/C34H33ClF4N2O4S/c1-40-33(42)31-29(36)19-26(20-30(31)46(2,43)44)45-18-10-17-41(21-25-15-9-16-28(32(25)35)34(37,38)39)22-27(23-11-5-3-6-12-23)24-13-7-4-8-14-24/h3-9,11-16,19-20,27H,10,17-18,21-22H2,1-2H3,(H,40,42). The van der Waals surface area contributed by atoms with Gasteiger partial charge in [-0.25, -0.2) is 12.8 Å². The maximum absolute atomic E-state index is 14.9. The third-order valence-electron chi connectivity index (χ3n) is 7.39. The second kappa shape index (κ2) is 15.1. The van der Waals surface area contributed by atoms with Crippen molar-refractivity contribution in [2.45, 2.75) is 30.0 Å². The number of nitrogens with zero attached hydrogens (tertiary/aromatic N) is 1. The van der Waals surface area contributed by atoms with E-state index in [4.69, 9.17) is 16.3 Å². The van der Waals surface area contributed by atoms with Gasteiger partial charge < -0.3 is 10.1 Å². The molecule has 4 aromatic rings. The SMILES string of the molecule is CNC(=O)c1c(F)cc(OCCCN(Cc2cccc(C(F)(F)F)c2Cl)CC(c2ccccc2)c2ccccc2)cc1S(C)(=O)=O. The molecule has 0 heterocycles. The van der Waals surface area contributed by atoms with E-state index in [0.29, 0.717) is 25.1 Å². The van der Waals surface area contributed by atoms with Gasteiger partial charge in [-0.05, 0) is 35.2 Å². The van der Waals surface area contributed by atoms with Crippen molar-refractivity contribution in [3.05, 3.63) is 130 Å². The summed E-state index contributed by atoms with van der Waals surface area (Å²) in [6.45, 7) is 0.900. The lowest BCUT2D eigenvalue weighted by molar-refractivity contribution is -0.137. The Morgan fingerprint density at radius 1 is 0.957 bits per heavy atom. The highest BCUT2D eigenvalue weighted by molar-refractivity contribution is 7.90. The minimum absolute atomic E-state index is 0.0239. The molecule has 0 fully saturated rings. The number of carbonyl (C=O) groups excluding carboxylic acids is 1. The number of hydrogen-bond donors (Lipinski definition) is 1. The number of amides is 1. The molecule has 0 aromatic heterocycles. The van der Waals surface area contributed by atoms with E-state index in [1.54, 1.807) is 6.07 Å². The molecule has 0 saturated heterocycles. The van der Waals surface area contributed by atoms with E-state index in [9.17, 15) is 30.8 Å². The Morgan fingerprint density at radius 2 is 1.57 bits per heavy atom. The van der Waals surface area contributed by atoms with Crippen molar-refractivity contribution < 1.29 is 35.5 Å². The predicted octanol–water partition coefficient (Wildman–Crippen LogP) is 7.36. The average molecular weight is 677 g/mol. The zero-order chi connectivity index (χ0) is 33.5. The number of hydrogen-bond acceptors (Lipinski definition) is 5. The van der Waals surface area contributed by atoms with E-state index in [0.717, 1.165) is 35.6 Å². The Bertz CT molecular complexity index is 1720. The first-order chi connectivity index (χ1) is 21.8. The van der Waals surface area contributed by atoms with Crippen molar-refractivity contribution in [1.82, 2.24) is 10.2 Å². The van der Waals surface area contributed by atoms with Gasteiger partial charge >= 0.3 is 6.18 Å². The largest absolute Gasteiger partial charge is 0.493 e. The van der Waals surface area contributed by atoms with Crippen LogP contribution in [0, 0.1) is 5.82 Å². The molecule has 1 amide bonds. The molecule has 4 rings (SSSR count). The van der Waals surface area contributed by atoms with Gasteiger partial charge in [0.2, 0.25) is 0 Å². The topological polar surface area (TPSA) is 75.7 Å². The van der Waals surface area contributed by atoms with Crippen LogP contribution in [0.15, 0.2) is 95.9 Å². The van der Waals surface area contributed by atoms with Crippen LogP contribution in [-0.2, 0) is 22.6 Å². The van der Waals surface area contributed by atoms with E-state index in [-0.39, 0.29) is 29.8 Å². The van der Waals surface area contributed by atoms with Gasteiger partial charge in [-0.15, -0.1) is 0 Å². The molecule has 0 unspecified atom stereocenters. The fourth-order valence-corrected chi connectivity index (χ4v) is 6.37. The number of sulfone groups is 1. The minimum Gasteiger partial charge on any atom is -0.493 e. The lowest BCUT2D eigenvalue weighted by atomic mass is 9.90. The third kappa shape index (κ3) is 8.86. The molecule has 0 aliphatic heterocycles. The highest BCUT2D eigenvalue weighted by Gasteiger charge is 2.34. The molecule has 1 N–H and O–H groups in total. The number of benzene rings is 4. The van der Waals surface area contributed by atoms with Gasteiger partial charge in [-0.1, -0.05) is 84.4 Å². The van der Waals surface area contributed by atoms with Gasteiger partial charge in [0.25, 0.3) is 5.91 Å². The number of ether oxygens (including phenoxy) is 1. The molecule has 0 spiro atoms. The summed E-state index contributed by atoms with van der Waals surface area (Å²) in [5.41, 5.74) is 0.827. The lowest BCUT2D eigenvalue weighted by Crippen LogP contribution is -2.31. The van der Waals surface area contributed by atoms with Crippen LogP contribution in [-0.4, -0.2) is 52.2 Å². The average Bonchev–Trinajstić information content (AvgIpc) is 3.01. The number of nitrogens with one attached hydrogen (secondary N) is 1. The van der Waals surface area contributed by atoms with Gasteiger partial charge in [0.05, 0.1) is 27.7 Å². The van der Waals surface area contributed by atoms with Crippen molar-refractivity contribution in [2.75, 3.05) is 33.0 Å². The van der Waals surface area contributed by atoms with Crippen LogP contribution >= 0.6 is 11.6 Å². The summed E-state index contributed by atoms with van der Waals surface area (Å²) in [6.07, 6.45) is -3.40. The zero-order valence-corrected chi connectivity index (χ0v) is 26.7. The number of carbonyl (C=O) groups is 1. The molecule has 46 heavy (non-hydrogen) atoms. The molecule has 6 nitrogen and oxygen atoms in total. The smallest absolute Gasteiger partial charge is 0.417 e. The molecular formula is C34H33ClF4N2O4S. The monoisotopic (exact) mass is 676 g/mol. The molecular weight excluding hydrogens is 644 g/mol. The van der Waals surface area contributed by atoms with Gasteiger partial charge in [-0.2, -0.15) is 13.2 Å². The van der Waals surface area contributed by atoms with E-state index in [1.807, 2.05) is 65.6 Å². The van der Waals surface area contributed by atoms with E-state index in [2.05, 4.69) is 5.32 Å². The van der Waals surface area contributed by atoms with Crippen LogP contribution in [0.1, 0.15) is 45.0 Å². The Hall–Kier alpha value is -3.93. The summed E-state index contributed by atoms with van der Waals surface area (Å²) in [7, 11) is -2.72. The van der Waals surface area contributed by atoms with Crippen molar-refractivity contribution in [2.24, 2.45) is 0 Å². The molecule has 0 aliphatic rings. The number of alkyl halides is 3. The summed E-state index contributed by atoms with van der Waals surface area (Å²) in [5.74, 6) is -2.15. The minimum atomic E-state index is -4.62. The van der Waals surface area contributed by atoms with Gasteiger partial charge in [0.1, 0.15) is 11.6 Å². The predicted molar refractivity (Wildman–Crippen MR) is 169 cm³/mol. The summed E-state index contributed by atoms with van der Waals surface area (Å²) in [6, 6.07) is 25.4. The first-order valence-electron chi connectivity index (χ1n) is 14.3. The molecule has 0 bridgehead atoms. The quantitative estimate of drug-likeness (QED) is 0.118. The van der Waals surface area contributed by atoms with Crippen LogP contribution < -0.4 is 10.1 Å². The molecule has 0 atom stereocenters. The second-order valence-corrected chi connectivity index (χ2v) is 13.1. The highest BCUT2D eigenvalue weighted by Crippen LogP contribution is 2.37. The van der Waals surface area contributed by atoms with Crippen molar-refractivity contribution in [3.8, 4) is 5.75 Å². The fraction of sp³-hybridized carbons (Fsp3) is 0.265.